The van der Waals surface area contributed by atoms with Gasteiger partial charge < -0.3 is 15.7 Å². The molecule has 4 heteroatoms. The molecule has 1 saturated heterocycles. The molecule has 1 aromatic rings. The highest BCUT2D eigenvalue weighted by atomic mass is 16.3. The Bertz CT molecular complexity index is 477. The van der Waals surface area contributed by atoms with Crippen LogP contribution in [0.25, 0.3) is 0 Å². The molecule has 20 heavy (non-hydrogen) atoms. The van der Waals surface area contributed by atoms with Gasteiger partial charge in [0.15, 0.2) is 0 Å². The zero-order valence-electron chi connectivity index (χ0n) is 12.4. The highest BCUT2D eigenvalue weighted by molar-refractivity contribution is 5.37. The molecule has 2 aliphatic rings. The van der Waals surface area contributed by atoms with Crippen molar-refractivity contribution >= 4 is 0 Å². The lowest BCUT2D eigenvalue weighted by molar-refractivity contribution is 0.133. The number of β-amino-alcohol motifs (C(OH)–C–C–N with tert-alkyl or cyclic N) is 1. The van der Waals surface area contributed by atoms with Gasteiger partial charge in [-0.3, -0.25) is 4.90 Å². The molecule has 0 spiro atoms. The first kappa shape index (κ1) is 14.0. The van der Waals surface area contributed by atoms with Gasteiger partial charge >= 0.3 is 0 Å². The molecule has 110 valence electrons. The summed E-state index contributed by atoms with van der Waals surface area (Å²) in [7, 11) is 4.19. The maximum Gasteiger partial charge on any atom is 0.0682 e. The summed E-state index contributed by atoms with van der Waals surface area (Å²) >= 11 is 0. The molecule has 0 radical (unpaired) electrons. The Balaban J connectivity index is 1.85. The van der Waals surface area contributed by atoms with Crippen LogP contribution in [0.4, 0.5) is 0 Å². The minimum Gasteiger partial charge on any atom is -0.392 e. The second-order valence-electron chi connectivity index (χ2n) is 6.49. The van der Waals surface area contributed by atoms with Crippen LogP contribution in [0.3, 0.4) is 0 Å². The first-order valence-corrected chi connectivity index (χ1v) is 7.49. The molecule has 4 nitrogen and oxygen atoms in total. The van der Waals surface area contributed by atoms with Crippen LogP contribution < -0.4 is 5.73 Å². The van der Waals surface area contributed by atoms with Gasteiger partial charge in [-0.15, -0.1) is 0 Å². The second kappa shape index (κ2) is 5.45. The molecule has 0 aromatic heterocycles. The summed E-state index contributed by atoms with van der Waals surface area (Å²) in [5, 5.41) is 10.1. The number of benzene rings is 1. The van der Waals surface area contributed by atoms with E-state index in [4.69, 9.17) is 5.73 Å². The van der Waals surface area contributed by atoms with Crippen molar-refractivity contribution in [3.63, 3.8) is 0 Å². The predicted molar refractivity (Wildman–Crippen MR) is 80.4 cm³/mol. The van der Waals surface area contributed by atoms with Crippen LogP contribution in [0.1, 0.15) is 36.1 Å². The predicted octanol–water partition coefficient (Wildman–Crippen LogP) is 1.13. The number of likely N-dealkylation sites (tertiary alicyclic amines) is 1. The van der Waals surface area contributed by atoms with Gasteiger partial charge in [0, 0.05) is 31.2 Å². The van der Waals surface area contributed by atoms with Crippen LogP contribution in [0, 0.1) is 0 Å². The van der Waals surface area contributed by atoms with E-state index in [-0.39, 0.29) is 12.1 Å². The van der Waals surface area contributed by atoms with Crippen LogP contribution in [0.15, 0.2) is 24.3 Å². The van der Waals surface area contributed by atoms with Crippen molar-refractivity contribution in [1.82, 2.24) is 9.80 Å². The third-order valence-electron chi connectivity index (χ3n) is 4.64. The smallest absolute Gasteiger partial charge is 0.0682 e. The van der Waals surface area contributed by atoms with Gasteiger partial charge in [0.25, 0.3) is 0 Å². The number of hydrogen-bond acceptors (Lipinski definition) is 4. The van der Waals surface area contributed by atoms with E-state index in [0.29, 0.717) is 12.1 Å². The summed E-state index contributed by atoms with van der Waals surface area (Å²) in [5.41, 5.74) is 8.93. The maximum atomic E-state index is 10.1. The molecule has 1 aliphatic carbocycles. The van der Waals surface area contributed by atoms with Crippen molar-refractivity contribution < 1.29 is 5.11 Å². The fourth-order valence-corrected chi connectivity index (χ4v) is 3.86. The first-order valence-electron chi connectivity index (χ1n) is 7.49. The summed E-state index contributed by atoms with van der Waals surface area (Å²) in [6, 6.07) is 9.42. The maximum absolute atomic E-state index is 10.1. The average molecular weight is 275 g/mol. The summed E-state index contributed by atoms with van der Waals surface area (Å²) in [6.45, 7) is 1.76. The molecule has 0 bridgehead atoms. The Kier molecular flexibility index (Phi) is 3.82. The van der Waals surface area contributed by atoms with E-state index in [0.717, 1.165) is 25.9 Å². The van der Waals surface area contributed by atoms with Crippen molar-refractivity contribution in [2.24, 2.45) is 5.73 Å². The SMILES string of the molecule is CN(C)CC1CC(O)CN1C1CC(N)c2ccccc21. The van der Waals surface area contributed by atoms with Crippen LogP contribution in [-0.2, 0) is 0 Å². The van der Waals surface area contributed by atoms with Crippen molar-refractivity contribution in [2.75, 3.05) is 27.2 Å². The Morgan fingerprint density at radius 3 is 2.65 bits per heavy atom. The number of likely N-dealkylation sites (N-methyl/N-ethyl adjacent to an activating group) is 1. The number of fused-ring (bicyclic) bond motifs is 1. The minimum absolute atomic E-state index is 0.133. The monoisotopic (exact) mass is 275 g/mol. The van der Waals surface area contributed by atoms with Gasteiger partial charge in [0.05, 0.1) is 6.10 Å². The Morgan fingerprint density at radius 2 is 1.95 bits per heavy atom. The van der Waals surface area contributed by atoms with Crippen LogP contribution >= 0.6 is 0 Å². The Morgan fingerprint density at radius 1 is 1.25 bits per heavy atom. The van der Waals surface area contributed by atoms with Crippen LogP contribution in [0.5, 0.6) is 0 Å². The lowest BCUT2D eigenvalue weighted by Crippen LogP contribution is -2.39. The Hall–Kier alpha value is -0.940. The number of rotatable bonds is 3. The van der Waals surface area contributed by atoms with Crippen LogP contribution in [-0.4, -0.2) is 54.2 Å². The lowest BCUT2D eigenvalue weighted by atomic mass is 10.1. The zero-order chi connectivity index (χ0) is 14.3. The van der Waals surface area contributed by atoms with E-state index in [2.05, 4.69) is 48.2 Å². The second-order valence-corrected chi connectivity index (χ2v) is 6.49. The number of aliphatic hydroxyl groups excluding tert-OH is 1. The topological polar surface area (TPSA) is 52.7 Å². The van der Waals surface area contributed by atoms with Crippen molar-refractivity contribution in [3.05, 3.63) is 35.4 Å². The highest BCUT2D eigenvalue weighted by Crippen LogP contribution is 2.43. The van der Waals surface area contributed by atoms with E-state index in [9.17, 15) is 5.11 Å². The molecular formula is C16H25N3O. The minimum atomic E-state index is -0.205. The number of aliphatic hydroxyl groups is 1. The largest absolute Gasteiger partial charge is 0.392 e. The molecule has 1 aromatic carbocycles. The quantitative estimate of drug-likeness (QED) is 0.868. The van der Waals surface area contributed by atoms with E-state index in [1.807, 2.05) is 0 Å². The molecule has 1 fully saturated rings. The average Bonchev–Trinajstić information content (AvgIpc) is 2.90. The van der Waals surface area contributed by atoms with Crippen LogP contribution in [0.2, 0.25) is 0 Å². The van der Waals surface area contributed by atoms with Crippen molar-refractivity contribution in [3.8, 4) is 0 Å². The molecule has 1 aliphatic heterocycles. The highest BCUT2D eigenvalue weighted by Gasteiger charge is 2.40. The van der Waals surface area contributed by atoms with Gasteiger partial charge in [0.2, 0.25) is 0 Å². The van der Waals surface area contributed by atoms with Crippen molar-refractivity contribution in [2.45, 2.75) is 37.1 Å². The summed E-state index contributed by atoms with van der Waals surface area (Å²) in [4.78, 5) is 4.67. The standard InChI is InChI=1S/C16H25N3O/c1-18(2)9-11-7-12(20)10-19(11)16-8-15(17)13-5-3-4-6-14(13)16/h3-6,11-12,15-16,20H,7-10,17H2,1-2H3. The third kappa shape index (κ3) is 2.49. The van der Waals surface area contributed by atoms with Crippen molar-refractivity contribution in [1.29, 1.82) is 0 Å². The zero-order valence-corrected chi connectivity index (χ0v) is 12.4. The molecule has 3 N–H and O–H groups in total. The third-order valence-corrected chi connectivity index (χ3v) is 4.64. The molecule has 0 amide bonds. The van der Waals surface area contributed by atoms with E-state index < -0.39 is 0 Å². The fraction of sp³-hybridized carbons (Fsp3) is 0.625. The number of nitrogens with two attached hydrogens (primary N) is 1. The molecule has 3 rings (SSSR count). The van der Waals surface area contributed by atoms with Gasteiger partial charge in [0.1, 0.15) is 0 Å². The summed E-state index contributed by atoms with van der Waals surface area (Å²) < 4.78 is 0. The number of nitrogens with zero attached hydrogens (tertiary/aromatic N) is 2. The number of hydrogen-bond donors (Lipinski definition) is 2. The van der Waals surface area contributed by atoms with Gasteiger partial charge in [-0.1, -0.05) is 24.3 Å². The van der Waals surface area contributed by atoms with Gasteiger partial charge in [-0.05, 0) is 38.1 Å². The van der Waals surface area contributed by atoms with Gasteiger partial charge in [-0.25, -0.2) is 0 Å². The van der Waals surface area contributed by atoms with Gasteiger partial charge in [-0.2, -0.15) is 0 Å². The molecule has 1 heterocycles. The normalized spacial score (nSPS) is 33.9. The summed E-state index contributed by atoms with van der Waals surface area (Å²) in [6.07, 6.45) is 1.63. The molecule has 4 atom stereocenters. The van der Waals surface area contributed by atoms with E-state index in [1.165, 1.54) is 11.1 Å². The molecule has 4 unspecified atom stereocenters. The lowest BCUT2D eigenvalue weighted by Gasteiger charge is -2.32. The fourth-order valence-electron chi connectivity index (χ4n) is 3.86. The first-order chi connectivity index (χ1) is 9.56. The van der Waals surface area contributed by atoms with E-state index in [1.54, 1.807) is 0 Å². The molecule has 0 saturated carbocycles. The van der Waals surface area contributed by atoms with E-state index >= 15 is 0 Å². The summed E-state index contributed by atoms with van der Waals surface area (Å²) in [5.74, 6) is 0. The molecular weight excluding hydrogens is 250 g/mol. The Labute approximate surface area is 121 Å².